The van der Waals surface area contributed by atoms with Crippen LogP contribution in [0.5, 0.6) is 0 Å². The van der Waals surface area contributed by atoms with Gasteiger partial charge in [0.25, 0.3) is 0 Å². The van der Waals surface area contributed by atoms with E-state index in [4.69, 9.17) is 0 Å². The van der Waals surface area contributed by atoms with Crippen LogP contribution in [-0.4, -0.2) is 35.1 Å². The summed E-state index contributed by atoms with van der Waals surface area (Å²) in [6.07, 6.45) is 1.77. The lowest BCUT2D eigenvalue weighted by atomic mass is 10.1. The molecule has 0 bridgehead atoms. The van der Waals surface area contributed by atoms with Crippen molar-refractivity contribution >= 4 is 29.3 Å². The quantitative estimate of drug-likeness (QED) is 0.832. The Morgan fingerprint density at radius 3 is 2.78 bits per heavy atom. The van der Waals surface area contributed by atoms with Crippen molar-refractivity contribution in [2.24, 2.45) is 0 Å². The molecule has 2 aromatic rings. The molecule has 3 rings (SSSR count). The predicted molar refractivity (Wildman–Crippen MR) is 109 cm³/mol. The summed E-state index contributed by atoms with van der Waals surface area (Å²) in [5.74, 6) is 0.134. The van der Waals surface area contributed by atoms with E-state index in [-0.39, 0.29) is 24.4 Å². The van der Waals surface area contributed by atoms with Gasteiger partial charge in [0.15, 0.2) is 0 Å². The Morgan fingerprint density at radius 1 is 1.30 bits per heavy atom. The van der Waals surface area contributed by atoms with Crippen molar-refractivity contribution in [3.63, 3.8) is 0 Å². The number of pyridine rings is 1. The highest BCUT2D eigenvalue weighted by Gasteiger charge is 2.29. The molecule has 6 heteroatoms. The van der Waals surface area contributed by atoms with E-state index in [0.717, 1.165) is 34.8 Å². The lowest BCUT2D eigenvalue weighted by molar-refractivity contribution is -0.123. The smallest absolute Gasteiger partial charge is 0.240 e. The predicted octanol–water partition coefficient (Wildman–Crippen LogP) is 3.27. The highest BCUT2D eigenvalue weighted by Crippen LogP contribution is 2.36. The third-order valence-electron chi connectivity index (χ3n) is 4.60. The Labute approximate surface area is 164 Å². The van der Waals surface area contributed by atoms with Crippen molar-refractivity contribution in [2.75, 3.05) is 17.2 Å². The molecule has 0 aliphatic carbocycles. The number of nitrogens with one attached hydrogen (secondary N) is 1. The van der Waals surface area contributed by atoms with Crippen molar-refractivity contribution in [2.45, 2.75) is 44.7 Å². The zero-order valence-electron chi connectivity index (χ0n) is 16.0. The minimum atomic E-state index is -0.137. The summed E-state index contributed by atoms with van der Waals surface area (Å²) < 4.78 is 0. The minimum absolute atomic E-state index is 0.0354. The summed E-state index contributed by atoms with van der Waals surface area (Å²) in [6.45, 7) is 5.93. The van der Waals surface area contributed by atoms with E-state index in [2.05, 4.69) is 22.4 Å². The highest BCUT2D eigenvalue weighted by molar-refractivity contribution is 8.00. The standard InChI is InChI=1S/C21H25N3O2S/c1-14-11-16(3)23-21-20(14)24(19(26)13-27-21)12-18(25)22-15(2)9-10-17-7-5-4-6-8-17/h4-8,11,15H,9-10,12-13H2,1-3H3,(H,22,25)/t15-/m0/s1. The second-order valence-electron chi connectivity index (χ2n) is 7.00. The van der Waals surface area contributed by atoms with E-state index in [9.17, 15) is 9.59 Å². The van der Waals surface area contributed by atoms with Gasteiger partial charge in [0, 0.05) is 11.7 Å². The third kappa shape index (κ3) is 4.89. The van der Waals surface area contributed by atoms with Crippen molar-refractivity contribution in [3.8, 4) is 0 Å². The van der Waals surface area contributed by atoms with Gasteiger partial charge in [-0.15, -0.1) is 0 Å². The first kappa shape index (κ1) is 19.4. The number of rotatable bonds is 6. The lowest BCUT2D eigenvalue weighted by Crippen LogP contribution is -2.46. The first-order valence-corrected chi connectivity index (χ1v) is 10.2. The summed E-state index contributed by atoms with van der Waals surface area (Å²) in [7, 11) is 0. The molecular weight excluding hydrogens is 358 g/mol. The fourth-order valence-corrected chi connectivity index (χ4v) is 4.32. The SMILES string of the molecule is Cc1cc(C)c2c(n1)SCC(=O)N2CC(=O)N[C@@H](C)CCc1ccccc1. The van der Waals surface area contributed by atoms with Crippen LogP contribution in [-0.2, 0) is 16.0 Å². The van der Waals surface area contributed by atoms with Crippen LogP contribution in [0.4, 0.5) is 5.69 Å². The molecule has 1 atom stereocenters. The Hall–Kier alpha value is -2.34. The second-order valence-corrected chi connectivity index (χ2v) is 7.96. The number of hydrogen-bond acceptors (Lipinski definition) is 4. The second kappa shape index (κ2) is 8.57. The van der Waals surface area contributed by atoms with E-state index < -0.39 is 0 Å². The van der Waals surface area contributed by atoms with Crippen LogP contribution in [0.1, 0.15) is 30.2 Å². The van der Waals surface area contributed by atoms with Crippen LogP contribution in [0.15, 0.2) is 41.4 Å². The fraction of sp³-hybridized carbons (Fsp3) is 0.381. The van der Waals surface area contributed by atoms with E-state index in [1.807, 2.05) is 45.0 Å². The number of benzene rings is 1. The zero-order chi connectivity index (χ0) is 19.4. The molecule has 1 N–H and O–H groups in total. The number of nitrogens with zero attached hydrogens (tertiary/aromatic N) is 2. The first-order valence-electron chi connectivity index (χ1n) is 9.18. The minimum Gasteiger partial charge on any atom is -0.352 e. The third-order valence-corrected chi connectivity index (χ3v) is 5.55. The molecule has 27 heavy (non-hydrogen) atoms. The number of carbonyl (C=O) groups excluding carboxylic acids is 2. The normalized spacial score (nSPS) is 14.6. The highest BCUT2D eigenvalue weighted by atomic mass is 32.2. The Morgan fingerprint density at radius 2 is 2.04 bits per heavy atom. The maximum absolute atomic E-state index is 12.5. The molecule has 0 fully saturated rings. The Kier molecular flexibility index (Phi) is 6.16. The van der Waals surface area contributed by atoms with Crippen LogP contribution < -0.4 is 10.2 Å². The summed E-state index contributed by atoms with van der Waals surface area (Å²) in [6, 6.07) is 12.2. The number of thioether (sulfide) groups is 1. The number of anilines is 1. The van der Waals surface area contributed by atoms with Gasteiger partial charge in [-0.2, -0.15) is 0 Å². The fourth-order valence-electron chi connectivity index (χ4n) is 3.29. The van der Waals surface area contributed by atoms with Gasteiger partial charge in [-0.25, -0.2) is 4.98 Å². The number of hydrogen-bond donors (Lipinski definition) is 1. The number of carbonyl (C=O) groups is 2. The molecule has 1 aliphatic heterocycles. The van der Waals surface area contributed by atoms with Crippen LogP contribution in [0.3, 0.4) is 0 Å². The van der Waals surface area contributed by atoms with Gasteiger partial charge in [0.05, 0.1) is 11.4 Å². The van der Waals surface area contributed by atoms with Crippen LogP contribution in [0.25, 0.3) is 0 Å². The van der Waals surface area contributed by atoms with Gasteiger partial charge in [-0.1, -0.05) is 42.1 Å². The molecule has 2 heterocycles. The topological polar surface area (TPSA) is 62.3 Å². The Balaban J connectivity index is 1.61. The largest absolute Gasteiger partial charge is 0.352 e. The number of fused-ring (bicyclic) bond motifs is 1. The maximum Gasteiger partial charge on any atom is 0.240 e. The molecule has 2 amide bonds. The van der Waals surface area contributed by atoms with Crippen molar-refractivity contribution in [1.29, 1.82) is 0 Å². The summed E-state index contributed by atoms with van der Waals surface area (Å²) in [5, 5.41) is 3.85. The van der Waals surface area contributed by atoms with Gasteiger partial charge >= 0.3 is 0 Å². The Bertz CT molecular complexity index is 839. The number of aromatic nitrogens is 1. The molecule has 1 aromatic carbocycles. The van der Waals surface area contributed by atoms with Crippen LogP contribution in [0.2, 0.25) is 0 Å². The first-order chi connectivity index (χ1) is 12.9. The molecule has 0 saturated carbocycles. The maximum atomic E-state index is 12.5. The summed E-state index contributed by atoms with van der Waals surface area (Å²) in [5.41, 5.74) is 3.93. The molecular formula is C21H25N3O2S. The molecule has 0 radical (unpaired) electrons. The molecule has 0 unspecified atom stereocenters. The monoisotopic (exact) mass is 383 g/mol. The van der Waals surface area contributed by atoms with Crippen molar-refractivity contribution in [3.05, 3.63) is 53.2 Å². The van der Waals surface area contributed by atoms with E-state index in [1.165, 1.54) is 17.3 Å². The van der Waals surface area contributed by atoms with Gasteiger partial charge in [-0.3, -0.25) is 14.5 Å². The van der Waals surface area contributed by atoms with Gasteiger partial charge < -0.3 is 5.32 Å². The van der Waals surface area contributed by atoms with Crippen molar-refractivity contribution < 1.29 is 9.59 Å². The molecule has 5 nitrogen and oxygen atoms in total. The summed E-state index contributed by atoms with van der Waals surface area (Å²) >= 11 is 1.44. The molecule has 0 spiro atoms. The summed E-state index contributed by atoms with van der Waals surface area (Å²) in [4.78, 5) is 31.1. The lowest BCUT2D eigenvalue weighted by Gasteiger charge is -2.30. The van der Waals surface area contributed by atoms with Crippen molar-refractivity contribution in [1.82, 2.24) is 10.3 Å². The average Bonchev–Trinajstić information content (AvgIpc) is 2.63. The van der Waals surface area contributed by atoms with Gasteiger partial charge in [0.1, 0.15) is 11.6 Å². The molecule has 0 saturated heterocycles. The molecule has 1 aliphatic rings. The van der Waals surface area contributed by atoms with E-state index >= 15 is 0 Å². The van der Waals surface area contributed by atoms with Crippen LogP contribution in [0, 0.1) is 13.8 Å². The van der Waals surface area contributed by atoms with Crippen LogP contribution >= 0.6 is 11.8 Å². The zero-order valence-corrected chi connectivity index (χ0v) is 16.8. The average molecular weight is 384 g/mol. The molecule has 142 valence electrons. The van der Waals surface area contributed by atoms with Gasteiger partial charge in [-0.05, 0) is 50.8 Å². The van der Waals surface area contributed by atoms with Gasteiger partial charge in [0.2, 0.25) is 11.8 Å². The van der Waals surface area contributed by atoms with E-state index in [0.29, 0.717) is 5.75 Å². The van der Waals surface area contributed by atoms with E-state index in [1.54, 1.807) is 4.90 Å². The molecule has 1 aromatic heterocycles. The number of amides is 2. The number of aryl methyl sites for hydroxylation is 3.